The molecule has 0 amide bonds. The van der Waals surface area contributed by atoms with Crippen LogP contribution in [0.4, 0.5) is 0 Å². The molecule has 0 aliphatic carbocycles. The third kappa shape index (κ3) is 6.95. The molecule has 1 saturated heterocycles. The molecule has 0 radical (unpaired) electrons. The first-order valence-corrected chi connectivity index (χ1v) is 7.73. The molecule has 0 bridgehead atoms. The first-order chi connectivity index (χ1) is 10.8. The minimum Gasteiger partial charge on any atom is -0.383 e. The van der Waals surface area contributed by atoms with Gasteiger partial charge in [-0.2, -0.15) is 0 Å². The van der Waals surface area contributed by atoms with E-state index in [2.05, 4.69) is 18.3 Å². The van der Waals surface area contributed by atoms with E-state index < -0.39 is 0 Å². The highest BCUT2D eigenvalue weighted by Crippen LogP contribution is 2.11. The van der Waals surface area contributed by atoms with Crippen molar-refractivity contribution in [2.45, 2.75) is 23.8 Å². The van der Waals surface area contributed by atoms with Gasteiger partial charge in [0.1, 0.15) is 5.75 Å². The molecule has 5 heteroatoms. The van der Waals surface area contributed by atoms with Crippen molar-refractivity contribution in [1.82, 2.24) is 5.64 Å². The van der Waals surface area contributed by atoms with E-state index in [1.54, 1.807) is 0 Å². The van der Waals surface area contributed by atoms with Crippen molar-refractivity contribution in [3.63, 3.8) is 0 Å². The van der Waals surface area contributed by atoms with Crippen LogP contribution in [0.2, 0.25) is 0 Å². The Hall–Kier alpha value is -1.53. The van der Waals surface area contributed by atoms with E-state index in [4.69, 9.17) is 14.4 Å². The number of hydrogen-bond acceptors (Lipinski definition) is 5. The predicted octanol–water partition coefficient (Wildman–Crippen LogP) is 3.66. The van der Waals surface area contributed by atoms with Gasteiger partial charge in [-0.25, -0.2) is 0 Å². The third-order valence-electron chi connectivity index (χ3n) is 3.01. The van der Waals surface area contributed by atoms with E-state index in [9.17, 15) is 0 Å². The average Bonchev–Trinajstić information content (AvgIpc) is 3.07. The Bertz CT molecular complexity index is 504. The van der Waals surface area contributed by atoms with Gasteiger partial charge in [-0.15, -0.1) is 12.6 Å². The quantitative estimate of drug-likeness (QED) is 0.501. The SMILES string of the molecule is Sc1ccccc1.c1ccc(ONOCC2CCCO2)cc1. The van der Waals surface area contributed by atoms with Crippen LogP contribution in [0.1, 0.15) is 12.8 Å². The second kappa shape index (κ2) is 10.2. The van der Waals surface area contributed by atoms with Crippen LogP contribution in [0.5, 0.6) is 5.75 Å². The fourth-order valence-corrected chi connectivity index (χ4v) is 2.07. The van der Waals surface area contributed by atoms with Crippen LogP contribution in [-0.4, -0.2) is 19.3 Å². The smallest absolute Gasteiger partial charge is 0.150 e. The number of benzene rings is 2. The second-order valence-corrected chi connectivity index (χ2v) is 5.30. The lowest BCUT2D eigenvalue weighted by molar-refractivity contribution is -0.131. The maximum absolute atomic E-state index is 5.38. The maximum atomic E-state index is 5.38. The normalized spacial score (nSPS) is 16.7. The topological polar surface area (TPSA) is 39.7 Å². The van der Waals surface area contributed by atoms with Gasteiger partial charge < -0.3 is 9.57 Å². The van der Waals surface area contributed by atoms with Crippen LogP contribution in [0.25, 0.3) is 0 Å². The predicted molar refractivity (Wildman–Crippen MR) is 88.8 cm³/mol. The van der Waals surface area contributed by atoms with Crippen molar-refractivity contribution >= 4 is 12.6 Å². The minimum atomic E-state index is 0.205. The summed E-state index contributed by atoms with van der Waals surface area (Å²) in [5, 5.41) is 0. The van der Waals surface area contributed by atoms with Gasteiger partial charge in [0.05, 0.1) is 12.7 Å². The van der Waals surface area contributed by atoms with Gasteiger partial charge in [-0.3, -0.25) is 4.84 Å². The molecule has 0 saturated carbocycles. The van der Waals surface area contributed by atoms with E-state index in [-0.39, 0.29) is 6.10 Å². The van der Waals surface area contributed by atoms with E-state index >= 15 is 0 Å². The number of rotatable bonds is 5. The number of hydrogen-bond donors (Lipinski definition) is 2. The molecule has 1 unspecified atom stereocenters. The summed E-state index contributed by atoms with van der Waals surface area (Å²) in [7, 11) is 0. The van der Waals surface area contributed by atoms with E-state index in [0.29, 0.717) is 6.61 Å². The Balaban J connectivity index is 0.000000211. The van der Waals surface area contributed by atoms with Crippen molar-refractivity contribution in [2.75, 3.05) is 13.2 Å². The highest BCUT2D eigenvalue weighted by Gasteiger charge is 2.15. The summed E-state index contributed by atoms with van der Waals surface area (Å²) in [5.41, 5.74) is 2.45. The van der Waals surface area contributed by atoms with Gasteiger partial charge in [0.25, 0.3) is 0 Å². The van der Waals surface area contributed by atoms with Crippen LogP contribution < -0.4 is 10.5 Å². The van der Waals surface area contributed by atoms with E-state index in [1.807, 2.05) is 60.7 Å². The van der Waals surface area contributed by atoms with Crippen molar-refractivity contribution in [2.24, 2.45) is 0 Å². The largest absolute Gasteiger partial charge is 0.383 e. The standard InChI is InChI=1S/C11H15NO3.C6H6S/c1-2-5-10(6-3-1)15-12-14-9-11-7-4-8-13-11;7-6-4-2-1-3-5-6/h1-3,5-6,11-12H,4,7-9H2;1-5,7H. The lowest BCUT2D eigenvalue weighted by atomic mass is 10.2. The Morgan fingerprint density at radius 2 is 1.73 bits per heavy atom. The molecule has 1 aliphatic heterocycles. The van der Waals surface area contributed by atoms with E-state index in [0.717, 1.165) is 30.1 Å². The molecule has 1 aliphatic rings. The van der Waals surface area contributed by atoms with Crippen LogP contribution in [-0.2, 0) is 9.57 Å². The molecule has 22 heavy (non-hydrogen) atoms. The molecular weight excluding hydrogens is 298 g/mol. The molecule has 0 spiro atoms. The second-order valence-electron chi connectivity index (χ2n) is 4.78. The Morgan fingerprint density at radius 3 is 2.27 bits per heavy atom. The van der Waals surface area contributed by atoms with Gasteiger partial charge in [0.15, 0.2) is 0 Å². The minimum absolute atomic E-state index is 0.205. The molecule has 2 aromatic rings. The van der Waals surface area contributed by atoms with E-state index in [1.165, 1.54) is 0 Å². The van der Waals surface area contributed by atoms with Gasteiger partial charge in [-0.05, 0) is 42.8 Å². The lowest BCUT2D eigenvalue weighted by Gasteiger charge is -2.10. The molecule has 4 nitrogen and oxygen atoms in total. The summed E-state index contributed by atoms with van der Waals surface area (Å²) < 4.78 is 5.38. The summed E-state index contributed by atoms with van der Waals surface area (Å²) in [5.74, 6) is 0.727. The van der Waals surface area contributed by atoms with Gasteiger partial charge in [0, 0.05) is 11.5 Å². The number of thiol groups is 1. The Morgan fingerprint density at radius 1 is 1.05 bits per heavy atom. The number of ether oxygens (including phenoxy) is 1. The van der Waals surface area contributed by atoms with Gasteiger partial charge >= 0.3 is 0 Å². The zero-order valence-electron chi connectivity index (χ0n) is 12.4. The van der Waals surface area contributed by atoms with Gasteiger partial charge in [0.2, 0.25) is 0 Å². The molecule has 0 aromatic heterocycles. The monoisotopic (exact) mass is 319 g/mol. The molecule has 1 heterocycles. The Kier molecular flexibility index (Phi) is 7.83. The third-order valence-corrected chi connectivity index (χ3v) is 3.31. The molecule has 2 aromatic carbocycles. The number of para-hydroxylation sites is 1. The van der Waals surface area contributed by atoms with Crippen LogP contribution in [0.15, 0.2) is 65.6 Å². The van der Waals surface area contributed by atoms with Crippen molar-refractivity contribution in [3.05, 3.63) is 60.7 Å². The zero-order chi connectivity index (χ0) is 15.5. The summed E-state index contributed by atoms with van der Waals surface area (Å²) >= 11 is 4.08. The fourth-order valence-electron chi connectivity index (χ4n) is 1.90. The average molecular weight is 319 g/mol. The zero-order valence-corrected chi connectivity index (χ0v) is 13.2. The molecule has 1 atom stereocenters. The molecule has 1 N–H and O–H groups in total. The first kappa shape index (κ1) is 16.8. The van der Waals surface area contributed by atoms with Crippen LogP contribution in [0, 0.1) is 0 Å². The summed E-state index contributed by atoms with van der Waals surface area (Å²) in [4.78, 5) is 11.3. The van der Waals surface area contributed by atoms with Crippen LogP contribution in [0.3, 0.4) is 0 Å². The first-order valence-electron chi connectivity index (χ1n) is 7.29. The van der Waals surface area contributed by atoms with Crippen molar-refractivity contribution in [1.29, 1.82) is 0 Å². The maximum Gasteiger partial charge on any atom is 0.150 e. The van der Waals surface area contributed by atoms with Crippen LogP contribution >= 0.6 is 12.6 Å². The number of nitrogens with one attached hydrogen (secondary N) is 1. The fraction of sp³-hybridized carbons (Fsp3) is 0.294. The summed E-state index contributed by atoms with van der Waals surface area (Å²) in [6, 6.07) is 19.2. The lowest BCUT2D eigenvalue weighted by Crippen LogP contribution is -2.25. The molecular formula is C17H21NO3S. The van der Waals surface area contributed by atoms with Gasteiger partial charge in [-0.1, -0.05) is 36.4 Å². The highest BCUT2D eigenvalue weighted by molar-refractivity contribution is 7.80. The van der Waals surface area contributed by atoms with Crippen molar-refractivity contribution in [3.8, 4) is 5.75 Å². The highest BCUT2D eigenvalue weighted by atomic mass is 32.1. The van der Waals surface area contributed by atoms with Crippen molar-refractivity contribution < 1.29 is 14.4 Å². The summed E-state index contributed by atoms with van der Waals surface area (Å²) in [6.07, 6.45) is 2.39. The molecule has 3 rings (SSSR count). The molecule has 118 valence electrons. The molecule has 1 fully saturated rings. The summed E-state index contributed by atoms with van der Waals surface area (Å²) in [6.45, 7) is 1.36. The Labute approximate surface area is 136 Å².